The number of pyridine rings is 1. The van der Waals surface area contributed by atoms with Crippen LogP contribution in [0.15, 0.2) is 6.20 Å². The molecule has 4 nitrogen and oxygen atoms in total. The summed E-state index contributed by atoms with van der Waals surface area (Å²) in [6.45, 7) is 1.86. The van der Waals surface area contributed by atoms with Crippen LogP contribution in [-0.2, 0) is 21.3 Å². The van der Waals surface area contributed by atoms with Crippen LogP contribution in [0.3, 0.4) is 0 Å². The van der Waals surface area contributed by atoms with Gasteiger partial charge in [-0.25, -0.2) is 8.78 Å². The van der Waals surface area contributed by atoms with E-state index >= 15 is 0 Å². The Morgan fingerprint density at radius 2 is 2.32 bits per heavy atom. The summed E-state index contributed by atoms with van der Waals surface area (Å²) < 4.78 is 30.3. The van der Waals surface area contributed by atoms with E-state index in [0.717, 1.165) is 6.20 Å². The number of ether oxygens (including phenoxy) is 1. The molecule has 19 heavy (non-hydrogen) atoms. The Morgan fingerprint density at radius 3 is 2.79 bits per heavy atom. The van der Waals surface area contributed by atoms with Crippen LogP contribution in [-0.4, -0.2) is 17.6 Å². The second-order valence-electron chi connectivity index (χ2n) is 3.54. The molecular formula is C12H11BrF2N2O2. The summed E-state index contributed by atoms with van der Waals surface area (Å²) in [5.41, 5.74) is 0.00959. The Balaban J connectivity index is 3.21. The first-order chi connectivity index (χ1) is 9.04. The average molecular weight is 333 g/mol. The summed E-state index contributed by atoms with van der Waals surface area (Å²) >= 11 is 3.07. The maximum atomic E-state index is 12.8. The highest BCUT2D eigenvalue weighted by molar-refractivity contribution is 9.08. The maximum Gasteiger partial charge on any atom is 0.311 e. The lowest BCUT2D eigenvalue weighted by molar-refractivity contribution is -0.142. The van der Waals surface area contributed by atoms with Crippen molar-refractivity contribution in [3.05, 3.63) is 28.6 Å². The third-order valence-corrected chi connectivity index (χ3v) is 2.96. The van der Waals surface area contributed by atoms with Gasteiger partial charge in [0.05, 0.1) is 24.3 Å². The number of esters is 1. The quantitative estimate of drug-likeness (QED) is 0.614. The molecule has 1 aromatic rings. The zero-order chi connectivity index (χ0) is 14.4. The van der Waals surface area contributed by atoms with Crippen LogP contribution in [0.4, 0.5) is 8.78 Å². The first-order valence-corrected chi connectivity index (χ1v) is 6.57. The molecule has 1 aromatic heterocycles. The molecule has 0 atom stereocenters. The van der Waals surface area contributed by atoms with Crippen molar-refractivity contribution >= 4 is 21.9 Å². The van der Waals surface area contributed by atoms with Gasteiger partial charge in [-0.1, -0.05) is 15.9 Å². The molecule has 0 fully saturated rings. The molecule has 0 aliphatic heterocycles. The number of nitrogens with zero attached hydrogens (tertiary/aromatic N) is 2. The van der Waals surface area contributed by atoms with Gasteiger partial charge in [0.2, 0.25) is 0 Å². The van der Waals surface area contributed by atoms with Gasteiger partial charge in [-0.2, -0.15) is 5.26 Å². The first kappa shape index (κ1) is 15.5. The molecule has 1 rings (SSSR count). The molecule has 0 aromatic carbocycles. The molecule has 0 spiro atoms. The second-order valence-corrected chi connectivity index (χ2v) is 4.10. The van der Waals surface area contributed by atoms with Crippen LogP contribution >= 0.6 is 15.9 Å². The molecular weight excluding hydrogens is 322 g/mol. The van der Waals surface area contributed by atoms with E-state index in [-0.39, 0.29) is 40.7 Å². The lowest BCUT2D eigenvalue weighted by atomic mass is 10.0. The molecule has 0 unspecified atom stereocenters. The second kappa shape index (κ2) is 7.14. The van der Waals surface area contributed by atoms with Crippen molar-refractivity contribution in [1.82, 2.24) is 4.98 Å². The van der Waals surface area contributed by atoms with Crippen LogP contribution in [0.5, 0.6) is 0 Å². The molecule has 102 valence electrons. The van der Waals surface area contributed by atoms with Crippen molar-refractivity contribution in [2.24, 2.45) is 0 Å². The van der Waals surface area contributed by atoms with Gasteiger partial charge in [-0.3, -0.25) is 9.78 Å². The Kier molecular flexibility index (Phi) is 5.83. The summed E-state index contributed by atoms with van der Waals surface area (Å²) in [6.07, 6.45) is -1.93. The van der Waals surface area contributed by atoms with Gasteiger partial charge < -0.3 is 4.74 Å². The number of hydrogen-bond acceptors (Lipinski definition) is 4. The molecule has 0 aliphatic carbocycles. The fraction of sp³-hybridized carbons (Fsp3) is 0.417. The van der Waals surface area contributed by atoms with Crippen LogP contribution < -0.4 is 0 Å². The monoisotopic (exact) mass is 332 g/mol. The van der Waals surface area contributed by atoms with Crippen molar-refractivity contribution in [1.29, 1.82) is 5.26 Å². The predicted molar refractivity (Wildman–Crippen MR) is 66.9 cm³/mol. The van der Waals surface area contributed by atoms with Gasteiger partial charge in [0, 0.05) is 17.1 Å². The summed E-state index contributed by atoms with van der Waals surface area (Å²) in [7, 11) is 0. The van der Waals surface area contributed by atoms with E-state index in [1.807, 2.05) is 6.07 Å². The number of hydrogen-bond donors (Lipinski definition) is 0. The van der Waals surface area contributed by atoms with Crippen LogP contribution in [0.25, 0.3) is 0 Å². The average Bonchev–Trinajstić information content (AvgIpc) is 2.37. The minimum Gasteiger partial charge on any atom is -0.466 e. The summed E-state index contributed by atoms with van der Waals surface area (Å²) in [6, 6.07) is 1.82. The number of aromatic nitrogens is 1. The summed E-state index contributed by atoms with van der Waals surface area (Å²) in [5, 5.41) is 9.16. The number of halogens is 3. The third kappa shape index (κ3) is 3.70. The molecule has 0 radical (unpaired) electrons. The van der Waals surface area contributed by atoms with E-state index in [0.29, 0.717) is 0 Å². The topological polar surface area (TPSA) is 63.0 Å². The normalized spacial score (nSPS) is 10.3. The van der Waals surface area contributed by atoms with Crippen molar-refractivity contribution in [2.75, 3.05) is 6.61 Å². The van der Waals surface area contributed by atoms with E-state index in [4.69, 9.17) is 10.00 Å². The Bertz CT molecular complexity index is 515. The van der Waals surface area contributed by atoms with Crippen LogP contribution in [0, 0.1) is 11.3 Å². The van der Waals surface area contributed by atoms with E-state index in [9.17, 15) is 13.6 Å². The van der Waals surface area contributed by atoms with E-state index in [1.54, 1.807) is 6.92 Å². The minimum atomic E-state index is -2.72. The highest BCUT2D eigenvalue weighted by atomic mass is 79.9. The molecule has 0 N–H and O–H groups in total. The third-order valence-electron chi connectivity index (χ3n) is 2.40. The SMILES string of the molecule is CCOC(=O)Cc1ncc(C(F)F)c(CBr)c1C#N. The number of rotatable bonds is 5. The van der Waals surface area contributed by atoms with Gasteiger partial charge in [-0.15, -0.1) is 0 Å². The minimum absolute atomic E-state index is 0.00253. The fourth-order valence-corrected chi connectivity index (χ4v) is 2.16. The van der Waals surface area contributed by atoms with E-state index in [2.05, 4.69) is 20.9 Å². The Morgan fingerprint density at radius 1 is 1.63 bits per heavy atom. The van der Waals surface area contributed by atoms with Crippen molar-refractivity contribution < 1.29 is 18.3 Å². The largest absolute Gasteiger partial charge is 0.466 e. The van der Waals surface area contributed by atoms with Gasteiger partial charge in [0.25, 0.3) is 6.43 Å². The van der Waals surface area contributed by atoms with Crippen molar-refractivity contribution in [3.63, 3.8) is 0 Å². The van der Waals surface area contributed by atoms with Crippen molar-refractivity contribution in [3.8, 4) is 6.07 Å². The van der Waals surface area contributed by atoms with E-state index < -0.39 is 12.4 Å². The highest BCUT2D eigenvalue weighted by Gasteiger charge is 2.21. The lowest BCUT2D eigenvalue weighted by Gasteiger charge is -2.11. The Hall–Kier alpha value is -1.55. The number of carbonyl (C=O) groups excluding carboxylic acids is 1. The molecule has 0 saturated heterocycles. The zero-order valence-corrected chi connectivity index (χ0v) is 11.7. The van der Waals surface area contributed by atoms with Crippen molar-refractivity contribution in [2.45, 2.75) is 25.1 Å². The first-order valence-electron chi connectivity index (χ1n) is 5.45. The standard InChI is InChI=1S/C12H11BrF2N2O2/c1-2-19-11(18)3-10-8(5-16)7(4-13)9(6-17-10)12(14)15/h6,12H,2-4H2,1H3. The highest BCUT2D eigenvalue weighted by Crippen LogP contribution is 2.28. The van der Waals surface area contributed by atoms with Gasteiger partial charge in [0.15, 0.2) is 0 Å². The maximum absolute atomic E-state index is 12.8. The fourth-order valence-electron chi connectivity index (χ4n) is 1.56. The number of alkyl halides is 3. The Labute approximate surface area is 117 Å². The van der Waals surface area contributed by atoms with E-state index in [1.165, 1.54) is 0 Å². The molecule has 1 heterocycles. The number of nitriles is 1. The number of carbonyl (C=O) groups is 1. The zero-order valence-electron chi connectivity index (χ0n) is 10.1. The summed E-state index contributed by atoms with van der Waals surface area (Å²) in [4.78, 5) is 15.1. The van der Waals surface area contributed by atoms with Crippen LogP contribution in [0.1, 0.15) is 35.7 Å². The summed E-state index contributed by atoms with van der Waals surface area (Å²) in [5.74, 6) is -0.545. The molecule has 0 aliphatic rings. The predicted octanol–water partition coefficient (Wildman–Crippen LogP) is 2.89. The molecule has 0 bridgehead atoms. The van der Waals surface area contributed by atoms with Gasteiger partial charge >= 0.3 is 5.97 Å². The smallest absolute Gasteiger partial charge is 0.311 e. The lowest BCUT2D eigenvalue weighted by Crippen LogP contribution is -2.12. The van der Waals surface area contributed by atoms with Gasteiger partial charge in [-0.05, 0) is 12.5 Å². The van der Waals surface area contributed by atoms with Crippen LogP contribution in [0.2, 0.25) is 0 Å². The molecule has 7 heteroatoms. The molecule has 0 saturated carbocycles. The molecule has 0 amide bonds. The van der Waals surface area contributed by atoms with Gasteiger partial charge in [0.1, 0.15) is 6.07 Å².